The van der Waals surface area contributed by atoms with Crippen LogP contribution in [-0.4, -0.2) is 47.7 Å². The quantitative estimate of drug-likeness (QED) is 0.283. The van der Waals surface area contributed by atoms with Crippen LogP contribution in [-0.2, 0) is 26.4 Å². The minimum absolute atomic E-state index is 0.214. The first-order valence-corrected chi connectivity index (χ1v) is 16.8. The Labute approximate surface area is 280 Å². The minimum atomic E-state index is -0.268. The molecule has 0 radical (unpaired) electrons. The lowest BCUT2D eigenvalue weighted by Gasteiger charge is -2.29. The number of aromatic amines is 1. The monoisotopic (exact) mass is 648 g/mol. The number of carbonyl (C=O) groups excluding carboxylic acids is 1. The summed E-state index contributed by atoms with van der Waals surface area (Å²) in [4.78, 5) is 44.1. The van der Waals surface area contributed by atoms with Gasteiger partial charge in [-0.15, -0.1) is 0 Å². The Morgan fingerprint density at radius 2 is 1.62 bits per heavy atom. The first kappa shape index (κ1) is 33.0. The molecule has 0 unspecified atom stereocenters. The molecule has 9 nitrogen and oxygen atoms in total. The van der Waals surface area contributed by atoms with Crippen LogP contribution >= 0.6 is 0 Å². The number of nitrogens with one attached hydrogen (secondary N) is 2. The maximum atomic E-state index is 13.1. The highest BCUT2D eigenvalue weighted by atomic mass is 16.5. The van der Waals surface area contributed by atoms with Crippen LogP contribution in [0.1, 0.15) is 64.7 Å². The molecule has 0 spiro atoms. The van der Waals surface area contributed by atoms with Crippen LogP contribution in [0.25, 0.3) is 12.2 Å². The largest absolute Gasteiger partial charge is 0.493 e. The Bertz CT molecular complexity index is 2010. The molecular formula is C39H44N4O5. The minimum Gasteiger partial charge on any atom is -0.493 e. The summed E-state index contributed by atoms with van der Waals surface area (Å²) in [7, 11) is 4.98. The predicted molar refractivity (Wildman–Crippen MR) is 189 cm³/mol. The van der Waals surface area contributed by atoms with E-state index in [1.54, 1.807) is 51.6 Å². The zero-order chi connectivity index (χ0) is 33.6. The van der Waals surface area contributed by atoms with Crippen LogP contribution in [0, 0.1) is 5.92 Å². The molecule has 1 aliphatic heterocycles. The molecule has 48 heavy (non-hydrogen) atoms. The second-order valence-electron chi connectivity index (χ2n) is 12.9. The molecule has 1 amide bonds. The maximum absolute atomic E-state index is 13.1. The number of aromatic nitrogens is 2. The van der Waals surface area contributed by atoms with Crippen LogP contribution in [0.2, 0.25) is 0 Å². The molecular weight excluding hydrogens is 604 g/mol. The Hall–Kier alpha value is -4.89. The van der Waals surface area contributed by atoms with Gasteiger partial charge in [0, 0.05) is 37.9 Å². The van der Waals surface area contributed by atoms with Crippen molar-refractivity contribution < 1.29 is 14.3 Å². The lowest BCUT2D eigenvalue weighted by molar-refractivity contribution is 0.102. The van der Waals surface area contributed by atoms with Crippen molar-refractivity contribution in [3.05, 3.63) is 120 Å². The third-order valence-corrected chi connectivity index (χ3v) is 9.63. The summed E-state index contributed by atoms with van der Waals surface area (Å²) in [5, 5.41) is 3.60. The third-order valence-electron chi connectivity index (χ3n) is 9.63. The van der Waals surface area contributed by atoms with Gasteiger partial charge in [0.25, 0.3) is 17.0 Å². The highest BCUT2D eigenvalue weighted by Crippen LogP contribution is 2.33. The molecule has 1 saturated carbocycles. The average molecular weight is 649 g/mol. The Morgan fingerprint density at radius 1 is 0.938 bits per heavy atom. The van der Waals surface area contributed by atoms with Crippen LogP contribution in [0.3, 0.4) is 0 Å². The number of anilines is 1. The maximum Gasteiger partial charge on any atom is 0.274 e. The van der Waals surface area contributed by atoms with Crippen LogP contribution < -0.4 is 36.6 Å². The molecule has 2 N–H and O–H groups in total. The highest BCUT2D eigenvalue weighted by molar-refractivity contribution is 6.04. The number of nitrogens with zero attached hydrogens (tertiary/aromatic N) is 2. The van der Waals surface area contributed by atoms with E-state index in [1.807, 2.05) is 18.2 Å². The Kier molecular flexibility index (Phi) is 10.3. The van der Waals surface area contributed by atoms with Crippen LogP contribution in [0.5, 0.6) is 11.5 Å². The number of amides is 1. The van der Waals surface area contributed by atoms with Gasteiger partial charge in [-0.25, -0.2) is 0 Å². The smallest absolute Gasteiger partial charge is 0.274 e. The standard InChI is InChI=1S/C39H44N4O5/c1-42-34(22-27-7-5-4-6-8-27)38(45)41-33(39(42)46)21-28-9-13-29(14-10-28)37(44)40-32-15-11-26(12-16-32)17-19-43-20-18-30-23-35(47-2)36(48-3)24-31(30)25-43/h9-16,21-24,27H,4-8,17-20,25H2,1-3H3,(H,40,44)(H,41,45)/b33-21-,34-22-. The van der Waals surface area contributed by atoms with Crippen LogP contribution in [0.4, 0.5) is 5.69 Å². The van der Waals surface area contributed by atoms with Crippen molar-refractivity contribution in [1.29, 1.82) is 0 Å². The van der Waals surface area contributed by atoms with Crippen molar-refractivity contribution in [2.24, 2.45) is 13.0 Å². The number of fused-ring (bicyclic) bond motifs is 1. The number of rotatable bonds is 9. The van der Waals surface area contributed by atoms with Gasteiger partial charge in [0.05, 0.1) is 14.2 Å². The van der Waals surface area contributed by atoms with Gasteiger partial charge in [0.2, 0.25) is 0 Å². The molecule has 0 bridgehead atoms. The summed E-state index contributed by atoms with van der Waals surface area (Å²) in [5.74, 6) is 1.65. The summed E-state index contributed by atoms with van der Waals surface area (Å²) in [6, 6.07) is 19.1. The third kappa shape index (κ3) is 7.63. The summed E-state index contributed by atoms with van der Waals surface area (Å²) >= 11 is 0. The molecule has 1 aliphatic carbocycles. The van der Waals surface area contributed by atoms with Crippen molar-refractivity contribution in [3.63, 3.8) is 0 Å². The normalized spacial score (nSPS) is 16.1. The van der Waals surface area contributed by atoms with Gasteiger partial charge in [0.1, 0.15) is 10.7 Å². The average Bonchev–Trinajstić information content (AvgIpc) is 3.12. The second-order valence-corrected chi connectivity index (χ2v) is 12.9. The molecule has 4 aromatic rings. The van der Waals surface area contributed by atoms with Gasteiger partial charge in [-0.3, -0.25) is 19.3 Å². The molecule has 0 atom stereocenters. The highest BCUT2D eigenvalue weighted by Gasteiger charge is 2.19. The second kappa shape index (κ2) is 14.9. The Balaban J connectivity index is 1.05. The first-order chi connectivity index (χ1) is 23.3. The molecule has 250 valence electrons. The van der Waals surface area contributed by atoms with Crippen molar-refractivity contribution in [1.82, 2.24) is 14.5 Å². The molecule has 0 saturated heterocycles. The van der Waals surface area contributed by atoms with Gasteiger partial charge in [-0.2, -0.15) is 0 Å². The summed E-state index contributed by atoms with van der Waals surface area (Å²) < 4.78 is 12.4. The zero-order valence-corrected chi connectivity index (χ0v) is 28.0. The van der Waals surface area contributed by atoms with E-state index in [0.29, 0.717) is 22.4 Å². The Morgan fingerprint density at radius 3 is 2.31 bits per heavy atom. The number of hydrogen-bond acceptors (Lipinski definition) is 6. The number of hydrogen-bond donors (Lipinski definition) is 2. The zero-order valence-electron chi connectivity index (χ0n) is 28.0. The fourth-order valence-corrected chi connectivity index (χ4v) is 6.77. The molecule has 2 aliphatic rings. The van der Waals surface area contributed by atoms with E-state index >= 15 is 0 Å². The number of methoxy groups -OCH3 is 2. The number of H-pyrrole nitrogens is 1. The van der Waals surface area contributed by atoms with E-state index in [9.17, 15) is 14.4 Å². The summed E-state index contributed by atoms with van der Waals surface area (Å²) in [5.41, 5.74) is 5.19. The van der Waals surface area contributed by atoms with Gasteiger partial charge in [-0.05, 0) is 96.3 Å². The molecule has 6 rings (SSSR count). The van der Waals surface area contributed by atoms with Gasteiger partial charge >= 0.3 is 0 Å². The molecule has 1 aromatic heterocycles. The number of ether oxygens (including phenoxy) is 2. The van der Waals surface area contributed by atoms with E-state index in [1.165, 1.54) is 27.7 Å². The molecule has 9 heteroatoms. The van der Waals surface area contributed by atoms with E-state index in [4.69, 9.17) is 9.47 Å². The van der Waals surface area contributed by atoms with Gasteiger partial charge in [-0.1, -0.05) is 49.6 Å². The van der Waals surface area contributed by atoms with E-state index in [-0.39, 0.29) is 22.4 Å². The summed E-state index contributed by atoms with van der Waals surface area (Å²) in [6.45, 7) is 2.80. The summed E-state index contributed by atoms with van der Waals surface area (Å²) in [6.07, 6.45) is 11.1. The fourth-order valence-electron chi connectivity index (χ4n) is 6.77. The molecule has 2 heterocycles. The first-order valence-electron chi connectivity index (χ1n) is 16.8. The van der Waals surface area contributed by atoms with Gasteiger partial charge < -0.3 is 24.3 Å². The number of benzene rings is 3. The van der Waals surface area contributed by atoms with E-state index in [0.717, 1.165) is 75.3 Å². The van der Waals surface area contributed by atoms with E-state index < -0.39 is 0 Å². The van der Waals surface area contributed by atoms with Crippen molar-refractivity contribution in [3.8, 4) is 11.5 Å². The van der Waals surface area contributed by atoms with Crippen molar-refractivity contribution in [2.45, 2.75) is 51.5 Å². The van der Waals surface area contributed by atoms with Crippen LogP contribution in [0.15, 0.2) is 70.3 Å². The number of carbonyl (C=O) groups is 1. The molecule has 3 aromatic carbocycles. The van der Waals surface area contributed by atoms with Crippen molar-refractivity contribution in [2.75, 3.05) is 32.6 Å². The fraction of sp³-hybridized carbons (Fsp3) is 0.359. The van der Waals surface area contributed by atoms with Crippen molar-refractivity contribution >= 4 is 23.7 Å². The lowest BCUT2D eigenvalue weighted by atomic mass is 9.89. The topological polar surface area (TPSA) is 106 Å². The van der Waals surface area contributed by atoms with E-state index in [2.05, 4.69) is 39.5 Å². The predicted octanol–water partition coefficient (Wildman–Crippen LogP) is 4.13. The SMILES string of the molecule is COc1cc2c(cc1OC)CN(CCc1ccc(NC(=O)c3ccc(/C=c4\[nH]c(=O)/c(=C/C5CCCCC5)n(C)c4=O)cc3)cc1)CC2. The lowest BCUT2D eigenvalue weighted by Crippen LogP contribution is -2.52. The van der Waals surface area contributed by atoms with Gasteiger partial charge in [0.15, 0.2) is 11.5 Å². The molecule has 1 fully saturated rings.